The lowest BCUT2D eigenvalue weighted by molar-refractivity contribution is 0.277. The summed E-state index contributed by atoms with van der Waals surface area (Å²) in [5, 5.41) is 17.1. The van der Waals surface area contributed by atoms with E-state index in [0.29, 0.717) is 41.7 Å². The van der Waals surface area contributed by atoms with Gasteiger partial charge in [0.15, 0.2) is 5.82 Å². The summed E-state index contributed by atoms with van der Waals surface area (Å²) in [5.74, 6) is 1.12. The summed E-state index contributed by atoms with van der Waals surface area (Å²) < 4.78 is 18.6. The fourth-order valence-corrected chi connectivity index (χ4v) is 2.56. The van der Waals surface area contributed by atoms with Gasteiger partial charge in [-0.05, 0) is 30.3 Å². The number of aliphatic hydroxyl groups excluding tert-OH is 1. The number of nitrogens with zero attached hydrogens (tertiary/aromatic N) is 4. The highest BCUT2D eigenvalue weighted by Crippen LogP contribution is 2.26. The van der Waals surface area contributed by atoms with E-state index in [2.05, 4.69) is 20.2 Å². The van der Waals surface area contributed by atoms with Crippen molar-refractivity contribution in [3.8, 4) is 11.5 Å². The molecule has 1 aliphatic rings. The van der Waals surface area contributed by atoms with E-state index in [-0.39, 0.29) is 12.4 Å². The van der Waals surface area contributed by atoms with Crippen molar-refractivity contribution < 1.29 is 13.9 Å². The van der Waals surface area contributed by atoms with Crippen molar-refractivity contribution in [3.63, 3.8) is 0 Å². The Morgan fingerprint density at radius 2 is 1.92 bits per heavy atom. The zero-order valence-corrected chi connectivity index (χ0v) is 12.6. The van der Waals surface area contributed by atoms with Gasteiger partial charge in [-0.3, -0.25) is 0 Å². The number of rotatable bonds is 4. The maximum absolute atomic E-state index is 13.0. The molecule has 0 amide bonds. The van der Waals surface area contributed by atoms with Gasteiger partial charge in [-0.2, -0.15) is 0 Å². The molecule has 3 aromatic rings. The summed E-state index contributed by atoms with van der Waals surface area (Å²) in [6, 6.07) is 9.59. The zero-order valence-electron chi connectivity index (χ0n) is 12.6. The molecule has 0 saturated heterocycles. The second-order valence-electron chi connectivity index (χ2n) is 5.48. The smallest absolute Gasteiger partial charge is 0.247 e. The van der Waals surface area contributed by atoms with Gasteiger partial charge in [0, 0.05) is 23.3 Å². The van der Waals surface area contributed by atoms with Gasteiger partial charge in [-0.15, -0.1) is 10.2 Å². The molecule has 7 heteroatoms. The normalized spacial score (nSPS) is 13.0. The monoisotopic (exact) mass is 324 g/mol. The van der Waals surface area contributed by atoms with Crippen LogP contribution in [-0.4, -0.2) is 26.0 Å². The van der Waals surface area contributed by atoms with Crippen LogP contribution in [-0.2, 0) is 19.4 Å². The fourth-order valence-electron chi connectivity index (χ4n) is 2.56. The van der Waals surface area contributed by atoms with Gasteiger partial charge in [0.1, 0.15) is 5.82 Å². The van der Waals surface area contributed by atoms with Crippen molar-refractivity contribution in [2.45, 2.75) is 19.4 Å². The van der Waals surface area contributed by atoms with Crippen LogP contribution in [0.15, 0.2) is 45.8 Å². The highest BCUT2D eigenvalue weighted by Gasteiger charge is 2.19. The van der Waals surface area contributed by atoms with E-state index < -0.39 is 0 Å². The lowest BCUT2D eigenvalue weighted by atomic mass is 10.1. The number of aliphatic imine (C=N–C) groups is 1. The predicted octanol–water partition coefficient (Wildman–Crippen LogP) is 2.63. The predicted molar refractivity (Wildman–Crippen MR) is 84.4 cm³/mol. The molecule has 1 aliphatic heterocycles. The molecular formula is C17H13FN4O2. The molecule has 120 valence electrons. The summed E-state index contributed by atoms with van der Waals surface area (Å²) in [5.41, 5.74) is 3.15. The number of hydrogen-bond donors (Lipinski definition) is 1. The van der Waals surface area contributed by atoms with E-state index in [1.807, 2.05) is 6.07 Å². The minimum atomic E-state index is -0.314. The second-order valence-corrected chi connectivity index (χ2v) is 5.48. The third kappa shape index (κ3) is 2.81. The molecular weight excluding hydrogens is 311 g/mol. The Kier molecular flexibility index (Phi) is 3.62. The SMILES string of the molecule is OCc1ccc2c(n1)N=C(Cc1nnc(-c3ccc(F)cc3)o1)C2. The van der Waals surface area contributed by atoms with E-state index in [9.17, 15) is 4.39 Å². The topological polar surface area (TPSA) is 84.4 Å². The molecule has 1 aromatic carbocycles. The summed E-state index contributed by atoms with van der Waals surface area (Å²) >= 11 is 0. The molecule has 0 saturated carbocycles. The third-order valence-electron chi connectivity index (χ3n) is 3.75. The van der Waals surface area contributed by atoms with Crippen molar-refractivity contribution in [1.82, 2.24) is 15.2 Å². The van der Waals surface area contributed by atoms with Crippen LogP contribution >= 0.6 is 0 Å². The van der Waals surface area contributed by atoms with Crippen LogP contribution in [0.1, 0.15) is 17.1 Å². The molecule has 0 fully saturated rings. The number of aliphatic hydroxyl groups is 1. The molecule has 0 atom stereocenters. The summed E-state index contributed by atoms with van der Waals surface area (Å²) in [6.07, 6.45) is 1.10. The Bertz CT molecular complexity index is 919. The standard InChI is InChI=1S/C17H13FN4O2/c18-12-4-1-10(2-5-12)17-22-21-15(24-17)8-14-7-11-3-6-13(9-23)19-16(11)20-14/h1-6,23H,7-9H2. The van der Waals surface area contributed by atoms with Crippen LogP contribution in [0.3, 0.4) is 0 Å². The molecule has 1 N–H and O–H groups in total. The van der Waals surface area contributed by atoms with Gasteiger partial charge in [-0.1, -0.05) is 6.07 Å². The molecule has 0 aliphatic carbocycles. The minimum Gasteiger partial charge on any atom is -0.420 e. The van der Waals surface area contributed by atoms with Crippen LogP contribution in [0.2, 0.25) is 0 Å². The Hall–Kier alpha value is -2.93. The van der Waals surface area contributed by atoms with Gasteiger partial charge < -0.3 is 9.52 Å². The van der Waals surface area contributed by atoms with Gasteiger partial charge in [0.05, 0.1) is 18.7 Å². The van der Waals surface area contributed by atoms with Crippen molar-refractivity contribution in [1.29, 1.82) is 0 Å². The Balaban J connectivity index is 1.52. The molecule has 0 unspecified atom stereocenters. The van der Waals surface area contributed by atoms with Crippen molar-refractivity contribution in [2.24, 2.45) is 4.99 Å². The zero-order chi connectivity index (χ0) is 16.5. The highest BCUT2D eigenvalue weighted by molar-refractivity contribution is 5.94. The molecule has 0 spiro atoms. The van der Waals surface area contributed by atoms with Crippen LogP contribution in [0.25, 0.3) is 11.5 Å². The van der Waals surface area contributed by atoms with Crippen LogP contribution < -0.4 is 0 Å². The maximum atomic E-state index is 13.0. The van der Waals surface area contributed by atoms with Crippen molar-refractivity contribution in [2.75, 3.05) is 0 Å². The average Bonchev–Trinajstić information content (AvgIpc) is 3.21. The maximum Gasteiger partial charge on any atom is 0.247 e. The summed E-state index contributed by atoms with van der Waals surface area (Å²) in [4.78, 5) is 8.75. The molecule has 4 rings (SSSR count). The fraction of sp³-hybridized carbons (Fsp3) is 0.176. The molecule has 6 nitrogen and oxygen atoms in total. The Labute approximate surface area is 136 Å². The van der Waals surface area contributed by atoms with Crippen LogP contribution in [0.4, 0.5) is 10.2 Å². The first kappa shape index (κ1) is 14.6. The van der Waals surface area contributed by atoms with E-state index in [1.54, 1.807) is 18.2 Å². The van der Waals surface area contributed by atoms with Crippen molar-refractivity contribution in [3.05, 3.63) is 59.4 Å². The first-order chi connectivity index (χ1) is 11.7. The largest absolute Gasteiger partial charge is 0.420 e. The number of hydrogen-bond acceptors (Lipinski definition) is 6. The first-order valence-corrected chi connectivity index (χ1v) is 7.45. The van der Waals surface area contributed by atoms with Crippen LogP contribution in [0.5, 0.6) is 0 Å². The quantitative estimate of drug-likeness (QED) is 0.797. The van der Waals surface area contributed by atoms with Gasteiger partial charge in [0.25, 0.3) is 0 Å². The Morgan fingerprint density at radius 3 is 2.71 bits per heavy atom. The highest BCUT2D eigenvalue weighted by atomic mass is 19.1. The van der Waals surface area contributed by atoms with Crippen LogP contribution in [0, 0.1) is 5.82 Å². The number of halogens is 1. The van der Waals surface area contributed by atoms with Crippen molar-refractivity contribution >= 4 is 11.5 Å². The number of pyridine rings is 1. The molecule has 3 heterocycles. The number of benzene rings is 1. The third-order valence-corrected chi connectivity index (χ3v) is 3.75. The van der Waals surface area contributed by atoms with Gasteiger partial charge in [-0.25, -0.2) is 14.4 Å². The molecule has 0 bridgehead atoms. The molecule has 2 aromatic heterocycles. The van der Waals surface area contributed by atoms with E-state index in [0.717, 1.165) is 11.3 Å². The second kappa shape index (κ2) is 5.93. The van der Waals surface area contributed by atoms with E-state index >= 15 is 0 Å². The average molecular weight is 324 g/mol. The van der Waals surface area contributed by atoms with Gasteiger partial charge in [0.2, 0.25) is 11.8 Å². The lowest BCUT2D eigenvalue weighted by Crippen LogP contribution is -2.03. The lowest BCUT2D eigenvalue weighted by Gasteiger charge is -1.98. The molecule has 0 radical (unpaired) electrons. The minimum absolute atomic E-state index is 0.108. The molecule has 24 heavy (non-hydrogen) atoms. The first-order valence-electron chi connectivity index (χ1n) is 7.45. The summed E-state index contributed by atoms with van der Waals surface area (Å²) in [6.45, 7) is -0.108. The number of fused-ring (bicyclic) bond motifs is 1. The number of aromatic nitrogens is 3. The van der Waals surface area contributed by atoms with E-state index in [4.69, 9.17) is 9.52 Å². The van der Waals surface area contributed by atoms with Gasteiger partial charge >= 0.3 is 0 Å². The van der Waals surface area contributed by atoms with E-state index in [1.165, 1.54) is 12.1 Å². The Morgan fingerprint density at radius 1 is 1.08 bits per heavy atom. The summed E-state index contributed by atoms with van der Waals surface area (Å²) in [7, 11) is 0.